The lowest BCUT2D eigenvalue weighted by Gasteiger charge is -2.10. The van der Waals surface area contributed by atoms with Crippen LogP contribution in [0.2, 0.25) is 0 Å². The molecule has 2 aromatic heterocycles. The van der Waals surface area contributed by atoms with Crippen molar-refractivity contribution in [3.8, 4) is 0 Å². The maximum Gasteiger partial charge on any atom is 0.173 e. The van der Waals surface area contributed by atoms with Gasteiger partial charge in [0.05, 0.1) is 11.4 Å². The summed E-state index contributed by atoms with van der Waals surface area (Å²) >= 11 is 0. The van der Waals surface area contributed by atoms with Crippen LogP contribution in [-0.2, 0) is 13.1 Å². The average molecular weight is 366 g/mol. The molecule has 4 aromatic rings. The van der Waals surface area contributed by atoms with Gasteiger partial charge in [0.2, 0.25) is 0 Å². The minimum atomic E-state index is 0.863. The van der Waals surface area contributed by atoms with Crippen molar-refractivity contribution in [3.05, 3.63) is 109 Å². The van der Waals surface area contributed by atoms with Gasteiger partial charge in [-0.05, 0) is 18.2 Å². The molecular weight excluding hydrogens is 344 g/mol. The summed E-state index contributed by atoms with van der Waals surface area (Å²) in [6.45, 7) is 1.73. The van der Waals surface area contributed by atoms with Crippen LogP contribution in [0.15, 0.2) is 97.6 Å². The summed E-state index contributed by atoms with van der Waals surface area (Å²) in [5.74, 6) is 0. The molecule has 2 aromatic carbocycles. The number of benzene rings is 2. The van der Waals surface area contributed by atoms with Gasteiger partial charge in [0.15, 0.2) is 37.9 Å². The molecule has 28 heavy (non-hydrogen) atoms. The number of pyridine rings is 2. The monoisotopic (exact) mass is 366 g/mol. The average Bonchev–Trinajstić information content (AvgIpc) is 2.72. The highest BCUT2D eigenvalue weighted by Gasteiger charge is 2.08. The van der Waals surface area contributed by atoms with Crippen LogP contribution < -0.4 is 19.8 Å². The number of aromatic nitrogens is 2. The number of hydrogen-bond acceptors (Lipinski definition) is 2. The molecule has 5 aliphatic rings. The van der Waals surface area contributed by atoms with Gasteiger partial charge in [-0.15, -0.1) is 0 Å². The smallest absolute Gasteiger partial charge is 0.173 e. The van der Waals surface area contributed by atoms with Gasteiger partial charge in [0.1, 0.15) is 0 Å². The van der Waals surface area contributed by atoms with E-state index in [1.165, 1.54) is 11.1 Å². The van der Waals surface area contributed by atoms with Gasteiger partial charge in [0, 0.05) is 46.8 Å². The summed E-state index contributed by atoms with van der Waals surface area (Å²) in [6, 6.07) is 25.6. The number of nitrogens with one attached hydrogen (secondary N) is 2. The van der Waals surface area contributed by atoms with Gasteiger partial charge in [0.25, 0.3) is 0 Å². The molecule has 0 radical (unpaired) electrons. The summed E-state index contributed by atoms with van der Waals surface area (Å²) in [5.41, 5.74) is 6.85. The van der Waals surface area contributed by atoms with Crippen molar-refractivity contribution in [2.75, 3.05) is 10.6 Å². The Labute approximate surface area is 164 Å². The summed E-state index contributed by atoms with van der Waals surface area (Å²) in [5, 5.41) is 6.96. The molecule has 0 saturated carbocycles. The molecule has 0 atom stereocenters. The van der Waals surface area contributed by atoms with Crippen molar-refractivity contribution in [2.45, 2.75) is 13.1 Å². The first-order chi connectivity index (χ1) is 13.8. The zero-order valence-corrected chi connectivity index (χ0v) is 15.5. The van der Waals surface area contributed by atoms with Crippen LogP contribution in [0.4, 0.5) is 22.7 Å². The van der Waals surface area contributed by atoms with Gasteiger partial charge in [-0.25, -0.2) is 9.13 Å². The molecule has 136 valence electrons. The summed E-state index contributed by atoms with van der Waals surface area (Å²) in [6.07, 6.45) is 8.45. The highest BCUT2D eigenvalue weighted by atomic mass is 15.0. The minimum Gasteiger partial charge on any atom is -0.355 e. The molecule has 5 aliphatic heterocycles. The van der Waals surface area contributed by atoms with E-state index in [0.29, 0.717) is 0 Å². The Morgan fingerprint density at radius 3 is 1.36 bits per heavy atom. The van der Waals surface area contributed by atoms with Crippen LogP contribution in [0, 0.1) is 0 Å². The Balaban J connectivity index is 1.53. The van der Waals surface area contributed by atoms with Gasteiger partial charge >= 0.3 is 0 Å². The molecule has 0 aliphatic carbocycles. The summed E-state index contributed by atoms with van der Waals surface area (Å²) < 4.78 is 4.39. The van der Waals surface area contributed by atoms with Crippen LogP contribution in [0.1, 0.15) is 11.1 Å². The number of hydrogen-bond donors (Lipinski definition) is 2. The molecular formula is C24H22N4+2. The van der Waals surface area contributed by atoms with E-state index in [4.69, 9.17) is 0 Å². The first-order valence-corrected chi connectivity index (χ1v) is 9.50. The van der Waals surface area contributed by atoms with Crippen LogP contribution >= 0.6 is 0 Å². The van der Waals surface area contributed by atoms with E-state index in [1.54, 1.807) is 0 Å². The van der Waals surface area contributed by atoms with Crippen molar-refractivity contribution in [1.29, 1.82) is 0 Å². The summed E-state index contributed by atoms with van der Waals surface area (Å²) in [7, 11) is 0. The molecule has 9 rings (SSSR count). The largest absolute Gasteiger partial charge is 0.355 e. The van der Waals surface area contributed by atoms with Crippen molar-refractivity contribution in [3.63, 3.8) is 0 Å². The molecule has 0 fully saturated rings. The van der Waals surface area contributed by atoms with Gasteiger partial charge in [-0.1, -0.05) is 30.3 Å². The predicted molar refractivity (Wildman–Crippen MR) is 111 cm³/mol. The maximum atomic E-state index is 3.48. The third-order valence-corrected chi connectivity index (χ3v) is 4.98. The van der Waals surface area contributed by atoms with E-state index < -0.39 is 0 Å². The molecule has 0 unspecified atom stereocenters. The van der Waals surface area contributed by atoms with Crippen molar-refractivity contribution >= 4 is 22.7 Å². The van der Waals surface area contributed by atoms with E-state index in [2.05, 4.69) is 117 Å². The Morgan fingerprint density at radius 1 is 0.500 bits per heavy atom. The number of nitrogens with zero attached hydrogens (tertiary/aromatic N) is 2. The number of anilines is 4. The quantitative estimate of drug-likeness (QED) is 0.403. The second kappa shape index (κ2) is 7.16. The van der Waals surface area contributed by atoms with E-state index in [-0.39, 0.29) is 0 Å². The second-order valence-corrected chi connectivity index (χ2v) is 7.17. The molecule has 4 nitrogen and oxygen atoms in total. The van der Waals surface area contributed by atoms with Gasteiger partial charge in [-0.3, -0.25) is 0 Å². The third kappa shape index (κ3) is 3.71. The molecule has 2 N–H and O–H groups in total. The van der Waals surface area contributed by atoms with Gasteiger partial charge in [-0.2, -0.15) is 0 Å². The fourth-order valence-electron chi connectivity index (χ4n) is 3.47. The maximum absolute atomic E-state index is 3.48. The van der Waals surface area contributed by atoms with Crippen molar-refractivity contribution in [2.24, 2.45) is 0 Å². The van der Waals surface area contributed by atoms with Crippen LogP contribution in [0.25, 0.3) is 0 Å². The Bertz CT molecular complexity index is 999. The van der Waals surface area contributed by atoms with E-state index in [9.17, 15) is 0 Å². The third-order valence-electron chi connectivity index (χ3n) is 4.98. The zero-order valence-electron chi connectivity index (χ0n) is 15.5. The lowest BCUT2D eigenvalue weighted by molar-refractivity contribution is -0.688. The fourth-order valence-corrected chi connectivity index (χ4v) is 3.47. The summed E-state index contributed by atoms with van der Waals surface area (Å²) in [4.78, 5) is 0. The second-order valence-electron chi connectivity index (χ2n) is 7.17. The Morgan fingerprint density at radius 2 is 0.929 bits per heavy atom. The minimum absolute atomic E-state index is 0.863. The molecule has 8 bridgehead atoms. The lowest BCUT2D eigenvalue weighted by Crippen LogP contribution is -2.33. The highest BCUT2D eigenvalue weighted by Crippen LogP contribution is 2.22. The van der Waals surface area contributed by atoms with E-state index in [1.807, 2.05) is 0 Å². The van der Waals surface area contributed by atoms with Crippen LogP contribution in [0.5, 0.6) is 0 Å². The standard InChI is InChI=1S/C24H20N4/c1-2-23-16-24(3-1)26-22-10-14-28(15-11-22)18-20-6-4-19(5-7-20)17-27-12-8-21(25-23)9-13-27/h1-16H,17-18H2/p+2. The first-order valence-electron chi connectivity index (χ1n) is 9.50. The zero-order chi connectivity index (χ0) is 18.8. The molecule has 0 saturated heterocycles. The SMILES string of the molecule is c1cc2cc(c1)Nc1cc[n+](cc1)Cc1ccc(cc1)C[n+]1ccc(cc1)N2. The Kier molecular flexibility index (Phi) is 4.22. The van der Waals surface area contributed by atoms with E-state index >= 15 is 0 Å². The highest BCUT2D eigenvalue weighted by molar-refractivity contribution is 5.67. The molecule has 4 heteroatoms. The fraction of sp³-hybridized carbons (Fsp3) is 0.0833. The van der Waals surface area contributed by atoms with Gasteiger partial charge < -0.3 is 10.6 Å². The van der Waals surface area contributed by atoms with Crippen LogP contribution in [0.3, 0.4) is 0 Å². The van der Waals surface area contributed by atoms with Crippen molar-refractivity contribution < 1.29 is 9.13 Å². The topological polar surface area (TPSA) is 31.8 Å². The normalized spacial score (nSPS) is 12.6. The molecule has 0 amide bonds. The molecule has 0 spiro atoms. The Hall–Kier alpha value is -3.66. The lowest BCUT2D eigenvalue weighted by atomic mass is 10.1. The van der Waals surface area contributed by atoms with Crippen LogP contribution in [-0.4, -0.2) is 0 Å². The number of rotatable bonds is 0. The predicted octanol–water partition coefficient (Wildman–Crippen LogP) is 4.16. The van der Waals surface area contributed by atoms with Crippen molar-refractivity contribution in [1.82, 2.24) is 0 Å². The van der Waals surface area contributed by atoms with E-state index in [0.717, 1.165) is 35.8 Å². The number of fused-ring (bicyclic) bond motifs is 1. The molecule has 7 heterocycles. The first kappa shape index (κ1) is 16.5.